The van der Waals surface area contributed by atoms with Gasteiger partial charge in [-0.1, -0.05) is 0 Å². The average molecular weight is 247 g/mol. The van der Waals surface area contributed by atoms with Gasteiger partial charge in [-0.25, -0.2) is 4.98 Å². The van der Waals surface area contributed by atoms with Gasteiger partial charge in [0.2, 0.25) is 0 Å². The fraction of sp³-hybridized carbons (Fsp3) is 0.615. The molecule has 5 heteroatoms. The van der Waals surface area contributed by atoms with Gasteiger partial charge in [0.1, 0.15) is 12.1 Å². The van der Waals surface area contributed by atoms with E-state index in [2.05, 4.69) is 14.9 Å². The second kappa shape index (κ2) is 4.55. The number of hydrogen-bond acceptors (Lipinski definition) is 5. The Balaban J connectivity index is 1.71. The van der Waals surface area contributed by atoms with Crippen molar-refractivity contribution in [3.8, 4) is 6.01 Å². The molecule has 0 spiro atoms. The standard InChI is InChI=1S/C13H17N3O2/c1-18-13-14-3-2-12(15-13)16-6-10-4-9(8-17)5-11(10)7-16/h2-3,8-11H,4-7H2,1H3. The molecule has 1 aromatic rings. The third-order valence-corrected chi connectivity index (χ3v) is 4.11. The maximum atomic E-state index is 10.8. The monoisotopic (exact) mass is 247 g/mol. The van der Waals surface area contributed by atoms with Crippen LogP contribution in [0.3, 0.4) is 0 Å². The summed E-state index contributed by atoms with van der Waals surface area (Å²) in [6, 6.07) is 2.33. The van der Waals surface area contributed by atoms with E-state index in [1.807, 2.05) is 6.07 Å². The lowest BCUT2D eigenvalue weighted by molar-refractivity contribution is -0.111. The third-order valence-electron chi connectivity index (χ3n) is 4.11. The molecule has 0 radical (unpaired) electrons. The Kier molecular flexibility index (Phi) is 2.89. The van der Waals surface area contributed by atoms with Crippen LogP contribution in [0, 0.1) is 17.8 Å². The zero-order valence-corrected chi connectivity index (χ0v) is 10.5. The summed E-state index contributed by atoms with van der Waals surface area (Å²) in [6.07, 6.45) is 4.92. The average Bonchev–Trinajstić information content (AvgIpc) is 2.96. The van der Waals surface area contributed by atoms with Crippen LogP contribution in [0.1, 0.15) is 12.8 Å². The Hall–Kier alpha value is -1.65. The minimum Gasteiger partial charge on any atom is -0.467 e. The van der Waals surface area contributed by atoms with E-state index >= 15 is 0 Å². The van der Waals surface area contributed by atoms with Crippen molar-refractivity contribution >= 4 is 12.1 Å². The first kappa shape index (κ1) is 11.4. The zero-order chi connectivity index (χ0) is 12.5. The van der Waals surface area contributed by atoms with E-state index in [0.717, 1.165) is 38.0 Å². The first-order valence-corrected chi connectivity index (χ1v) is 6.37. The predicted molar refractivity (Wildman–Crippen MR) is 66.6 cm³/mol. The Morgan fingerprint density at radius 1 is 1.39 bits per heavy atom. The van der Waals surface area contributed by atoms with Gasteiger partial charge in [0.25, 0.3) is 0 Å². The van der Waals surface area contributed by atoms with Crippen molar-refractivity contribution in [1.82, 2.24) is 9.97 Å². The molecule has 2 unspecified atom stereocenters. The molecule has 2 atom stereocenters. The van der Waals surface area contributed by atoms with E-state index < -0.39 is 0 Å². The first-order valence-electron chi connectivity index (χ1n) is 6.37. The molecule has 1 saturated heterocycles. The summed E-state index contributed by atoms with van der Waals surface area (Å²) in [5.74, 6) is 2.49. The molecule has 0 bridgehead atoms. The Labute approximate surface area is 106 Å². The second-order valence-electron chi connectivity index (χ2n) is 5.19. The highest BCUT2D eigenvalue weighted by Crippen LogP contribution is 2.41. The summed E-state index contributed by atoms with van der Waals surface area (Å²) in [5, 5.41) is 0. The van der Waals surface area contributed by atoms with Gasteiger partial charge in [-0.15, -0.1) is 0 Å². The van der Waals surface area contributed by atoms with Crippen molar-refractivity contribution < 1.29 is 9.53 Å². The van der Waals surface area contributed by atoms with Gasteiger partial charge >= 0.3 is 6.01 Å². The van der Waals surface area contributed by atoms with Gasteiger partial charge < -0.3 is 14.4 Å². The number of ether oxygens (including phenoxy) is 1. The minimum atomic E-state index is 0.280. The van der Waals surface area contributed by atoms with E-state index in [4.69, 9.17) is 4.74 Å². The number of nitrogens with zero attached hydrogens (tertiary/aromatic N) is 3. The normalized spacial score (nSPS) is 30.3. The van der Waals surface area contributed by atoms with Crippen molar-refractivity contribution in [2.24, 2.45) is 17.8 Å². The SMILES string of the molecule is COc1nccc(N2CC3CC(C=O)CC3C2)n1. The molecular weight excluding hydrogens is 230 g/mol. The first-order chi connectivity index (χ1) is 8.80. The van der Waals surface area contributed by atoms with Crippen molar-refractivity contribution in [1.29, 1.82) is 0 Å². The van der Waals surface area contributed by atoms with Crippen LogP contribution in [0.25, 0.3) is 0 Å². The van der Waals surface area contributed by atoms with Crippen LogP contribution in [-0.2, 0) is 4.79 Å². The number of rotatable bonds is 3. The number of carbonyl (C=O) groups excluding carboxylic acids is 1. The summed E-state index contributed by atoms with van der Waals surface area (Å²) in [5.41, 5.74) is 0. The lowest BCUT2D eigenvalue weighted by Crippen LogP contribution is -2.23. The van der Waals surface area contributed by atoms with Crippen LogP contribution in [-0.4, -0.2) is 36.5 Å². The zero-order valence-electron chi connectivity index (χ0n) is 10.5. The second-order valence-corrected chi connectivity index (χ2v) is 5.19. The molecule has 18 heavy (non-hydrogen) atoms. The van der Waals surface area contributed by atoms with Crippen LogP contribution in [0.15, 0.2) is 12.3 Å². The Morgan fingerprint density at radius 3 is 2.72 bits per heavy atom. The van der Waals surface area contributed by atoms with Crippen molar-refractivity contribution in [3.05, 3.63) is 12.3 Å². The highest BCUT2D eigenvalue weighted by atomic mass is 16.5. The van der Waals surface area contributed by atoms with E-state index in [1.165, 1.54) is 0 Å². The number of methoxy groups -OCH3 is 1. The van der Waals surface area contributed by atoms with Crippen LogP contribution in [0.2, 0.25) is 0 Å². The summed E-state index contributed by atoms with van der Waals surface area (Å²) in [7, 11) is 1.58. The van der Waals surface area contributed by atoms with Crippen LogP contribution < -0.4 is 9.64 Å². The maximum Gasteiger partial charge on any atom is 0.318 e. The number of carbonyl (C=O) groups is 1. The molecule has 1 aliphatic carbocycles. The molecule has 5 nitrogen and oxygen atoms in total. The molecule has 2 aliphatic rings. The molecule has 1 aromatic heterocycles. The van der Waals surface area contributed by atoms with Gasteiger partial charge in [0.15, 0.2) is 0 Å². The predicted octanol–water partition coefficient (Wildman–Crippen LogP) is 1.15. The van der Waals surface area contributed by atoms with Gasteiger partial charge in [0.05, 0.1) is 7.11 Å². The van der Waals surface area contributed by atoms with Gasteiger partial charge in [-0.3, -0.25) is 0 Å². The van der Waals surface area contributed by atoms with Crippen LogP contribution >= 0.6 is 0 Å². The maximum absolute atomic E-state index is 10.8. The molecule has 3 rings (SSSR count). The van der Waals surface area contributed by atoms with Gasteiger partial charge in [0, 0.05) is 25.2 Å². The van der Waals surface area contributed by atoms with Crippen LogP contribution in [0.5, 0.6) is 6.01 Å². The summed E-state index contributed by atoms with van der Waals surface area (Å²) in [6.45, 7) is 1.99. The quantitative estimate of drug-likeness (QED) is 0.750. The molecule has 1 aliphatic heterocycles. The molecule has 2 fully saturated rings. The number of aldehydes is 1. The van der Waals surface area contributed by atoms with Crippen molar-refractivity contribution in [3.63, 3.8) is 0 Å². The molecule has 0 aromatic carbocycles. The van der Waals surface area contributed by atoms with Gasteiger partial charge in [-0.2, -0.15) is 4.98 Å². The van der Waals surface area contributed by atoms with E-state index in [-0.39, 0.29) is 5.92 Å². The molecule has 1 saturated carbocycles. The number of hydrogen-bond donors (Lipinski definition) is 0. The van der Waals surface area contributed by atoms with E-state index in [1.54, 1.807) is 13.3 Å². The van der Waals surface area contributed by atoms with E-state index in [0.29, 0.717) is 17.8 Å². The summed E-state index contributed by atoms with van der Waals surface area (Å²) in [4.78, 5) is 21.5. The Morgan fingerprint density at radius 2 is 2.11 bits per heavy atom. The number of anilines is 1. The number of fused-ring (bicyclic) bond motifs is 1. The molecule has 96 valence electrons. The fourth-order valence-electron chi connectivity index (χ4n) is 3.25. The minimum absolute atomic E-state index is 0.280. The molecular formula is C13H17N3O2. The highest BCUT2D eigenvalue weighted by molar-refractivity contribution is 5.54. The van der Waals surface area contributed by atoms with E-state index in [9.17, 15) is 4.79 Å². The molecule has 0 N–H and O–H groups in total. The number of aromatic nitrogens is 2. The van der Waals surface area contributed by atoms with Crippen molar-refractivity contribution in [2.45, 2.75) is 12.8 Å². The van der Waals surface area contributed by atoms with Crippen molar-refractivity contribution in [2.75, 3.05) is 25.1 Å². The molecule has 2 heterocycles. The van der Waals surface area contributed by atoms with Crippen LogP contribution in [0.4, 0.5) is 5.82 Å². The lowest BCUT2D eigenvalue weighted by atomic mass is 10.0. The summed E-state index contributed by atoms with van der Waals surface area (Å²) < 4.78 is 5.05. The lowest BCUT2D eigenvalue weighted by Gasteiger charge is -2.18. The Bertz CT molecular complexity index is 438. The highest BCUT2D eigenvalue weighted by Gasteiger charge is 2.41. The van der Waals surface area contributed by atoms with Gasteiger partial charge in [-0.05, 0) is 30.7 Å². The summed E-state index contributed by atoms with van der Waals surface area (Å²) >= 11 is 0. The molecule has 0 amide bonds. The third kappa shape index (κ3) is 1.94. The topological polar surface area (TPSA) is 55.3 Å². The smallest absolute Gasteiger partial charge is 0.318 e. The fourth-order valence-corrected chi connectivity index (χ4v) is 3.25. The largest absolute Gasteiger partial charge is 0.467 e.